The molecule has 0 aromatic carbocycles. The molecule has 2 amide bonds. The van der Waals surface area contributed by atoms with Crippen molar-refractivity contribution in [1.29, 1.82) is 0 Å². The van der Waals surface area contributed by atoms with Gasteiger partial charge in [-0.1, -0.05) is 19.9 Å². The molecular formula is C14H24N2O4. The molecule has 0 aliphatic heterocycles. The minimum atomic E-state index is -0.384. The van der Waals surface area contributed by atoms with Crippen LogP contribution < -0.4 is 5.32 Å². The summed E-state index contributed by atoms with van der Waals surface area (Å²) in [6.07, 6.45) is 2.21. The lowest BCUT2D eigenvalue weighted by Gasteiger charge is -2.29. The van der Waals surface area contributed by atoms with Gasteiger partial charge in [-0.3, -0.25) is 9.59 Å². The van der Waals surface area contributed by atoms with E-state index in [0.29, 0.717) is 18.6 Å². The number of nitrogens with zero attached hydrogens (tertiary/aromatic N) is 1. The molecule has 6 nitrogen and oxygen atoms in total. The Bertz CT molecular complexity index is 377. The van der Waals surface area contributed by atoms with Gasteiger partial charge in [0, 0.05) is 12.6 Å². The maximum atomic E-state index is 11.9. The Morgan fingerprint density at radius 2 is 1.95 bits per heavy atom. The summed E-state index contributed by atoms with van der Waals surface area (Å²) in [7, 11) is 1.65. The maximum Gasteiger partial charge on any atom is 0.333 e. The van der Waals surface area contributed by atoms with Crippen molar-refractivity contribution in [1.82, 2.24) is 10.2 Å². The van der Waals surface area contributed by atoms with Gasteiger partial charge in [-0.05, 0) is 19.8 Å². The van der Waals surface area contributed by atoms with Crippen LogP contribution in [0, 0.1) is 5.92 Å². The van der Waals surface area contributed by atoms with Crippen molar-refractivity contribution in [2.24, 2.45) is 5.92 Å². The SMILES string of the molecule is CCOC(=O)/C(C)=C/[C@H](C(C)C)N(C)C(=O)CNC=O. The zero-order valence-corrected chi connectivity index (χ0v) is 12.8. The minimum Gasteiger partial charge on any atom is -0.463 e. The topological polar surface area (TPSA) is 75.7 Å². The monoisotopic (exact) mass is 284 g/mol. The van der Waals surface area contributed by atoms with Crippen LogP contribution in [-0.2, 0) is 19.1 Å². The Kier molecular flexibility index (Phi) is 8.27. The number of carbonyl (C=O) groups is 3. The zero-order chi connectivity index (χ0) is 15.7. The van der Waals surface area contributed by atoms with Crippen LogP contribution in [0.3, 0.4) is 0 Å². The number of rotatable bonds is 8. The summed E-state index contributed by atoms with van der Waals surface area (Å²) in [6, 6.07) is -0.236. The number of ether oxygens (including phenoxy) is 1. The highest BCUT2D eigenvalue weighted by atomic mass is 16.5. The number of hydrogen-bond donors (Lipinski definition) is 1. The molecule has 1 N–H and O–H groups in total. The number of amides is 2. The van der Waals surface area contributed by atoms with Crippen molar-refractivity contribution in [2.45, 2.75) is 33.7 Å². The van der Waals surface area contributed by atoms with Crippen LogP contribution in [0.25, 0.3) is 0 Å². The molecular weight excluding hydrogens is 260 g/mol. The molecule has 0 radical (unpaired) electrons. The van der Waals surface area contributed by atoms with Gasteiger partial charge in [-0.25, -0.2) is 4.79 Å². The second kappa shape index (κ2) is 9.12. The molecule has 0 aliphatic carbocycles. The van der Waals surface area contributed by atoms with Gasteiger partial charge in [-0.2, -0.15) is 0 Å². The van der Waals surface area contributed by atoms with E-state index in [4.69, 9.17) is 4.74 Å². The lowest BCUT2D eigenvalue weighted by atomic mass is 10.00. The van der Waals surface area contributed by atoms with Crippen LogP contribution in [0.4, 0.5) is 0 Å². The van der Waals surface area contributed by atoms with Crippen molar-refractivity contribution in [3.05, 3.63) is 11.6 Å². The van der Waals surface area contributed by atoms with E-state index < -0.39 is 0 Å². The Balaban J connectivity index is 4.96. The third kappa shape index (κ3) is 5.86. The molecule has 0 bridgehead atoms. The van der Waals surface area contributed by atoms with Crippen molar-refractivity contribution >= 4 is 18.3 Å². The van der Waals surface area contributed by atoms with Gasteiger partial charge in [0.25, 0.3) is 0 Å². The predicted molar refractivity (Wildman–Crippen MR) is 75.9 cm³/mol. The molecule has 0 spiro atoms. The fourth-order valence-electron chi connectivity index (χ4n) is 1.74. The number of carbonyl (C=O) groups excluding carboxylic acids is 3. The molecule has 20 heavy (non-hydrogen) atoms. The predicted octanol–water partition coefficient (Wildman–Crippen LogP) is 0.725. The third-order valence-corrected chi connectivity index (χ3v) is 2.88. The molecule has 0 unspecified atom stereocenters. The van der Waals surface area contributed by atoms with E-state index in [1.54, 1.807) is 27.0 Å². The van der Waals surface area contributed by atoms with E-state index in [1.807, 2.05) is 13.8 Å². The molecule has 0 saturated carbocycles. The van der Waals surface area contributed by atoms with E-state index in [1.165, 1.54) is 4.90 Å². The molecule has 0 saturated heterocycles. The van der Waals surface area contributed by atoms with Crippen molar-refractivity contribution in [3.63, 3.8) is 0 Å². The molecule has 0 rings (SSSR count). The van der Waals surface area contributed by atoms with E-state index in [0.717, 1.165) is 0 Å². The molecule has 0 aromatic heterocycles. The number of hydrogen-bond acceptors (Lipinski definition) is 4. The Morgan fingerprint density at radius 1 is 1.35 bits per heavy atom. The summed E-state index contributed by atoms with van der Waals surface area (Å²) < 4.78 is 4.92. The fourth-order valence-corrected chi connectivity index (χ4v) is 1.74. The first-order chi connectivity index (χ1) is 9.34. The summed E-state index contributed by atoms with van der Waals surface area (Å²) in [6.45, 7) is 7.57. The first-order valence-corrected chi connectivity index (χ1v) is 6.63. The summed E-state index contributed by atoms with van der Waals surface area (Å²) >= 11 is 0. The van der Waals surface area contributed by atoms with Crippen LogP contribution in [-0.4, -0.2) is 49.4 Å². The van der Waals surface area contributed by atoms with Gasteiger partial charge < -0.3 is 15.0 Å². The lowest BCUT2D eigenvalue weighted by molar-refractivity contribution is -0.138. The molecule has 0 fully saturated rings. The summed E-state index contributed by atoms with van der Waals surface area (Å²) in [5.41, 5.74) is 0.466. The van der Waals surface area contributed by atoms with E-state index in [2.05, 4.69) is 5.32 Å². The molecule has 0 heterocycles. The van der Waals surface area contributed by atoms with Crippen LogP contribution in [0.15, 0.2) is 11.6 Å². The van der Waals surface area contributed by atoms with Gasteiger partial charge in [0.2, 0.25) is 12.3 Å². The first kappa shape index (κ1) is 18.1. The van der Waals surface area contributed by atoms with E-state index in [-0.39, 0.29) is 30.4 Å². The standard InChI is InChI=1S/C14H24N2O4/c1-6-20-14(19)11(4)7-12(10(2)3)16(5)13(18)8-15-9-17/h7,9-10,12H,6,8H2,1-5H3,(H,15,17)/b11-7+/t12-/m1/s1. The van der Waals surface area contributed by atoms with Gasteiger partial charge in [0.05, 0.1) is 19.2 Å². The largest absolute Gasteiger partial charge is 0.463 e. The lowest BCUT2D eigenvalue weighted by Crippen LogP contribution is -2.43. The van der Waals surface area contributed by atoms with Gasteiger partial charge in [0.15, 0.2) is 0 Å². The van der Waals surface area contributed by atoms with Crippen molar-refractivity contribution < 1.29 is 19.1 Å². The van der Waals surface area contributed by atoms with E-state index in [9.17, 15) is 14.4 Å². The Morgan fingerprint density at radius 3 is 2.40 bits per heavy atom. The van der Waals surface area contributed by atoms with Crippen LogP contribution in [0.2, 0.25) is 0 Å². The highest BCUT2D eigenvalue weighted by Crippen LogP contribution is 2.14. The van der Waals surface area contributed by atoms with Crippen LogP contribution in [0.5, 0.6) is 0 Å². The number of nitrogens with one attached hydrogen (secondary N) is 1. The van der Waals surface area contributed by atoms with Gasteiger partial charge >= 0.3 is 5.97 Å². The van der Waals surface area contributed by atoms with E-state index >= 15 is 0 Å². The molecule has 6 heteroatoms. The Hall–Kier alpha value is -1.85. The number of esters is 1. The first-order valence-electron chi connectivity index (χ1n) is 6.63. The summed E-state index contributed by atoms with van der Waals surface area (Å²) in [5, 5.41) is 2.34. The van der Waals surface area contributed by atoms with Crippen LogP contribution >= 0.6 is 0 Å². The molecule has 0 aromatic rings. The van der Waals surface area contributed by atoms with Gasteiger partial charge in [-0.15, -0.1) is 0 Å². The number of likely N-dealkylation sites (N-methyl/N-ethyl adjacent to an activating group) is 1. The second-order valence-electron chi connectivity index (χ2n) is 4.81. The average Bonchev–Trinajstić information content (AvgIpc) is 2.40. The molecule has 1 atom stereocenters. The van der Waals surface area contributed by atoms with Crippen molar-refractivity contribution in [2.75, 3.05) is 20.2 Å². The van der Waals surface area contributed by atoms with Crippen molar-refractivity contribution in [3.8, 4) is 0 Å². The molecule has 0 aliphatic rings. The highest BCUT2D eigenvalue weighted by molar-refractivity contribution is 5.88. The zero-order valence-electron chi connectivity index (χ0n) is 12.8. The Labute approximate surface area is 120 Å². The summed E-state index contributed by atoms with van der Waals surface area (Å²) in [5.74, 6) is -0.474. The third-order valence-electron chi connectivity index (χ3n) is 2.88. The second-order valence-corrected chi connectivity index (χ2v) is 4.81. The summed E-state index contributed by atoms with van der Waals surface area (Å²) in [4.78, 5) is 35.2. The normalized spacial score (nSPS) is 12.8. The van der Waals surface area contributed by atoms with Crippen LogP contribution in [0.1, 0.15) is 27.7 Å². The maximum absolute atomic E-state index is 11.9. The average molecular weight is 284 g/mol. The molecule has 114 valence electrons. The quantitative estimate of drug-likeness (QED) is 0.405. The smallest absolute Gasteiger partial charge is 0.333 e. The highest BCUT2D eigenvalue weighted by Gasteiger charge is 2.22. The van der Waals surface area contributed by atoms with Gasteiger partial charge in [0.1, 0.15) is 0 Å². The minimum absolute atomic E-state index is 0.0600. The fraction of sp³-hybridized carbons (Fsp3) is 0.643.